The standard InChI is InChI=1S/C35H40N6O3/c36-33(37)38-20-6-11-29-31(42)41(34(44)39-29)30(23-24-12-14-26(15-13-24)25-7-2-1-3-8-25)32(43)40-21-18-35(19-22-40)17-16-27-9-4-5-10-28(27)35/h1-5,7-10,12-15,29-30H,6,11,16-23H2,(H,39,44)(H4,36,37,38)/t29-,30-/m1/s1. The van der Waals surface area contributed by atoms with E-state index in [4.69, 9.17) is 11.5 Å². The third-order valence-corrected chi connectivity index (χ3v) is 9.58. The molecule has 1 spiro atoms. The smallest absolute Gasteiger partial charge is 0.325 e. The van der Waals surface area contributed by atoms with Gasteiger partial charge in [0, 0.05) is 26.1 Å². The van der Waals surface area contributed by atoms with Crippen LogP contribution in [0.15, 0.2) is 83.9 Å². The normalized spacial score (nSPS) is 19.5. The number of benzene rings is 3. The molecular weight excluding hydrogens is 552 g/mol. The zero-order valence-electron chi connectivity index (χ0n) is 25.0. The predicted molar refractivity (Wildman–Crippen MR) is 171 cm³/mol. The molecule has 2 aliphatic heterocycles. The van der Waals surface area contributed by atoms with E-state index in [2.05, 4.69) is 34.6 Å². The number of nitrogens with two attached hydrogens (primary N) is 2. The Morgan fingerprint density at radius 1 is 0.909 bits per heavy atom. The number of aliphatic imine (C=N–C) groups is 1. The van der Waals surface area contributed by atoms with E-state index in [1.807, 2.05) is 59.5 Å². The van der Waals surface area contributed by atoms with E-state index in [1.54, 1.807) is 0 Å². The van der Waals surface area contributed by atoms with Crippen LogP contribution in [0.4, 0.5) is 4.79 Å². The Morgan fingerprint density at radius 2 is 1.59 bits per heavy atom. The van der Waals surface area contributed by atoms with Gasteiger partial charge in [0.25, 0.3) is 5.91 Å². The predicted octanol–water partition coefficient (Wildman–Crippen LogP) is 3.75. The molecule has 228 valence electrons. The highest BCUT2D eigenvalue weighted by Crippen LogP contribution is 2.46. The summed E-state index contributed by atoms with van der Waals surface area (Å²) >= 11 is 0. The molecule has 9 heteroatoms. The lowest BCUT2D eigenvalue weighted by molar-refractivity contribution is -0.143. The molecule has 6 rings (SSSR count). The van der Waals surface area contributed by atoms with Crippen LogP contribution in [0.2, 0.25) is 0 Å². The minimum absolute atomic E-state index is 0.0123. The highest BCUT2D eigenvalue weighted by Gasteiger charge is 2.47. The van der Waals surface area contributed by atoms with Gasteiger partial charge >= 0.3 is 6.03 Å². The van der Waals surface area contributed by atoms with Gasteiger partial charge in [0.15, 0.2) is 5.96 Å². The van der Waals surface area contributed by atoms with Crippen molar-refractivity contribution in [2.45, 2.75) is 62.4 Å². The van der Waals surface area contributed by atoms with E-state index in [9.17, 15) is 14.4 Å². The quantitative estimate of drug-likeness (QED) is 0.151. The molecule has 1 aliphatic carbocycles. The topological polar surface area (TPSA) is 134 Å². The fourth-order valence-electron chi connectivity index (χ4n) is 7.17. The third-order valence-electron chi connectivity index (χ3n) is 9.58. The largest absolute Gasteiger partial charge is 0.370 e. The second kappa shape index (κ2) is 12.5. The van der Waals surface area contributed by atoms with E-state index in [0.717, 1.165) is 47.3 Å². The lowest BCUT2D eigenvalue weighted by Crippen LogP contribution is -2.55. The van der Waals surface area contributed by atoms with Gasteiger partial charge in [-0.05, 0) is 71.8 Å². The van der Waals surface area contributed by atoms with Gasteiger partial charge < -0.3 is 21.7 Å². The summed E-state index contributed by atoms with van der Waals surface area (Å²) in [6.07, 6.45) is 5.08. The molecule has 4 amide bonds. The highest BCUT2D eigenvalue weighted by atomic mass is 16.2. The molecule has 2 fully saturated rings. The number of guanidine groups is 1. The van der Waals surface area contributed by atoms with Crippen molar-refractivity contribution in [1.82, 2.24) is 15.1 Å². The molecule has 0 unspecified atom stereocenters. The Labute approximate surface area is 258 Å². The number of fused-ring (bicyclic) bond motifs is 2. The number of hydrogen-bond donors (Lipinski definition) is 3. The highest BCUT2D eigenvalue weighted by molar-refractivity contribution is 6.07. The Bertz CT molecular complexity index is 1540. The summed E-state index contributed by atoms with van der Waals surface area (Å²) in [6, 6.07) is 24.6. The second-order valence-electron chi connectivity index (χ2n) is 12.2. The maximum atomic E-state index is 14.3. The van der Waals surface area contributed by atoms with E-state index in [1.165, 1.54) is 11.1 Å². The maximum Gasteiger partial charge on any atom is 0.325 e. The number of amides is 4. The molecule has 2 atom stereocenters. The molecule has 5 N–H and O–H groups in total. The first-order chi connectivity index (χ1) is 21.3. The van der Waals surface area contributed by atoms with Crippen LogP contribution in [0, 0.1) is 0 Å². The van der Waals surface area contributed by atoms with E-state index in [-0.39, 0.29) is 29.6 Å². The van der Waals surface area contributed by atoms with Gasteiger partial charge in [-0.1, -0.05) is 78.9 Å². The molecule has 0 radical (unpaired) electrons. The van der Waals surface area contributed by atoms with Gasteiger partial charge in [-0.2, -0.15) is 0 Å². The molecule has 3 aromatic rings. The average Bonchev–Trinajstić information content (AvgIpc) is 3.54. The first kappa shape index (κ1) is 29.4. The van der Waals surface area contributed by atoms with Crippen LogP contribution in [-0.2, 0) is 27.8 Å². The Morgan fingerprint density at radius 3 is 2.32 bits per heavy atom. The van der Waals surface area contributed by atoms with Crippen LogP contribution < -0.4 is 16.8 Å². The number of imide groups is 1. The van der Waals surface area contributed by atoms with E-state index < -0.39 is 18.1 Å². The van der Waals surface area contributed by atoms with Crippen molar-refractivity contribution in [1.29, 1.82) is 0 Å². The van der Waals surface area contributed by atoms with Gasteiger partial charge in [0.1, 0.15) is 12.1 Å². The Balaban J connectivity index is 1.21. The van der Waals surface area contributed by atoms with Crippen LogP contribution in [0.3, 0.4) is 0 Å². The van der Waals surface area contributed by atoms with Crippen LogP contribution in [-0.4, -0.2) is 65.3 Å². The van der Waals surface area contributed by atoms with Crippen molar-refractivity contribution in [2.75, 3.05) is 19.6 Å². The lowest BCUT2D eigenvalue weighted by Gasteiger charge is -2.42. The number of carbonyl (C=O) groups excluding carboxylic acids is 3. The lowest BCUT2D eigenvalue weighted by atomic mass is 9.73. The summed E-state index contributed by atoms with van der Waals surface area (Å²) in [7, 11) is 0. The fourth-order valence-corrected chi connectivity index (χ4v) is 7.17. The SMILES string of the molecule is NC(N)=NCCC[C@H]1NC(=O)N([C@H](Cc2ccc(-c3ccccc3)cc2)C(=O)N2CCC3(CCc4ccccc43)CC2)C1=O. The van der Waals surface area contributed by atoms with Gasteiger partial charge in [-0.3, -0.25) is 14.6 Å². The number of carbonyl (C=O) groups is 3. The van der Waals surface area contributed by atoms with E-state index in [0.29, 0.717) is 32.5 Å². The first-order valence-corrected chi connectivity index (χ1v) is 15.6. The van der Waals surface area contributed by atoms with Crippen molar-refractivity contribution in [3.63, 3.8) is 0 Å². The molecule has 0 saturated carbocycles. The second-order valence-corrected chi connectivity index (χ2v) is 12.2. The molecule has 0 aromatic heterocycles. The number of piperidine rings is 1. The zero-order chi connectivity index (χ0) is 30.7. The van der Waals surface area contributed by atoms with Crippen LogP contribution in [0.25, 0.3) is 11.1 Å². The number of urea groups is 1. The molecule has 9 nitrogen and oxygen atoms in total. The number of nitrogens with one attached hydrogen (secondary N) is 1. The molecule has 3 aliphatic rings. The molecular formula is C35H40N6O3. The van der Waals surface area contributed by atoms with Crippen molar-refractivity contribution in [3.05, 3.63) is 95.6 Å². The van der Waals surface area contributed by atoms with Gasteiger partial charge in [0.05, 0.1) is 0 Å². The number of likely N-dealkylation sites (tertiary alicyclic amines) is 1. The molecule has 2 heterocycles. The van der Waals surface area contributed by atoms with Crippen LogP contribution in [0.5, 0.6) is 0 Å². The summed E-state index contributed by atoms with van der Waals surface area (Å²) in [5, 5.41) is 2.80. The first-order valence-electron chi connectivity index (χ1n) is 15.6. The zero-order valence-corrected chi connectivity index (χ0v) is 25.0. The van der Waals surface area contributed by atoms with Gasteiger partial charge in [0.2, 0.25) is 5.91 Å². The Hall–Kier alpha value is -4.66. The van der Waals surface area contributed by atoms with Crippen molar-refractivity contribution < 1.29 is 14.4 Å². The van der Waals surface area contributed by atoms with Crippen molar-refractivity contribution in [3.8, 4) is 11.1 Å². The summed E-state index contributed by atoms with van der Waals surface area (Å²) in [4.78, 5) is 48.2. The molecule has 44 heavy (non-hydrogen) atoms. The van der Waals surface area contributed by atoms with Gasteiger partial charge in [-0.25, -0.2) is 9.69 Å². The molecule has 2 saturated heterocycles. The van der Waals surface area contributed by atoms with Crippen molar-refractivity contribution >= 4 is 23.8 Å². The number of aryl methyl sites for hydroxylation is 1. The fraction of sp³-hybridized carbons (Fsp3) is 0.371. The number of rotatable bonds is 9. The average molecular weight is 593 g/mol. The summed E-state index contributed by atoms with van der Waals surface area (Å²) in [5.74, 6) is -0.568. The number of hydrogen-bond acceptors (Lipinski definition) is 4. The van der Waals surface area contributed by atoms with Crippen LogP contribution >= 0.6 is 0 Å². The minimum atomic E-state index is -0.933. The Kier molecular flexibility index (Phi) is 8.37. The summed E-state index contributed by atoms with van der Waals surface area (Å²) in [5.41, 5.74) is 16.8. The van der Waals surface area contributed by atoms with Gasteiger partial charge in [-0.15, -0.1) is 0 Å². The monoisotopic (exact) mass is 592 g/mol. The third kappa shape index (κ3) is 5.91. The minimum Gasteiger partial charge on any atom is -0.370 e. The molecule has 0 bridgehead atoms. The van der Waals surface area contributed by atoms with E-state index >= 15 is 0 Å². The van der Waals surface area contributed by atoms with Crippen molar-refractivity contribution in [2.24, 2.45) is 16.5 Å². The maximum absolute atomic E-state index is 14.3. The molecule has 3 aromatic carbocycles. The summed E-state index contributed by atoms with van der Waals surface area (Å²) < 4.78 is 0. The summed E-state index contributed by atoms with van der Waals surface area (Å²) in [6.45, 7) is 1.56. The van der Waals surface area contributed by atoms with Crippen LogP contribution in [0.1, 0.15) is 48.8 Å². The number of nitrogens with zero attached hydrogens (tertiary/aromatic N) is 3.